The van der Waals surface area contributed by atoms with Crippen LogP contribution in [0, 0.1) is 0 Å². The van der Waals surface area contributed by atoms with Gasteiger partial charge in [-0.05, 0) is 42.5 Å². The van der Waals surface area contributed by atoms with Crippen LogP contribution < -0.4 is 9.47 Å². The third-order valence-corrected chi connectivity index (χ3v) is 4.23. The van der Waals surface area contributed by atoms with Gasteiger partial charge in [-0.1, -0.05) is 23.4 Å². The number of carbonyl (C=O) groups is 1. The minimum atomic E-state index is -0.517. The molecule has 0 aliphatic carbocycles. The molecule has 4 rings (SSSR count). The molecule has 30 heavy (non-hydrogen) atoms. The molecule has 0 spiro atoms. The predicted molar refractivity (Wildman–Crippen MR) is 108 cm³/mol. The van der Waals surface area contributed by atoms with E-state index in [2.05, 4.69) is 10.1 Å². The molecular formula is C23H18N2O5. The van der Waals surface area contributed by atoms with Gasteiger partial charge in [0.2, 0.25) is 5.88 Å². The van der Waals surface area contributed by atoms with Crippen LogP contribution in [-0.2, 0) is 11.3 Å². The van der Waals surface area contributed by atoms with Gasteiger partial charge in [0.1, 0.15) is 17.2 Å². The summed E-state index contributed by atoms with van der Waals surface area (Å²) in [6, 6.07) is 21.6. The minimum Gasteiger partial charge on any atom is -0.497 e. The second-order valence-electron chi connectivity index (χ2n) is 6.28. The molecule has 0 amide bonds. The topological polar surface area (TPSA) is 83.7 Å². The van der Waals surface area contributed by atoms with Gasteiger partial charge >= 0.3 is 5.97 Å². The average Bonchev–Trinajstić information content (AvgIpc) is 3.28. The molecule has 2 aromatic heterocycles. The van der Waals surface area contributed by atoms with Gasteiger partial charge < -0.3 is 18.7 Å². The number of para-hydroxylation sites is 1. The van der Waals surface area contributed by atoms with Gasteiger partial charge in [0.05, 0.1) is 12.7 Å². The number of esters is 1. The maximum absolute atomic E-state index is 12.3. The third-order valence-electron chi connectivity index (χ3n) is 4.23. The van der Waals surface area contributed by atoms with Crippen molar-refractivity contribution < 1.29 is 23.5 Å². The molecule has 2 heterocycles. The van der Waals surface area contributed by atoms with Gasteiger partial charge in [-0.15, -0.1) is 0 Å². The molecule has 150 valence electrons. The van der Waals surface area contributed by atoms with Crippen LogP contribution in [0.25, 0.3) is 11.3 Å². The molecule has 7 nitrogen and oxygen atoms in total. The Balaban J connectivity index is 1.33. The Morgan fingerprint density at radius 2 is 1.77 bits per heavy atom. The van der Waals surface area contributed by atoms with Gasteiger partial charge in [-0.2, -0.15) is 0 Å². The van der Waals surface area contributed by atoms with Crippen molar-refractivity contribution in [3.8, 4) is 28.6 Å². The number of carbonyl (C=O) groups excluding carboxylic acids is 1. The number of hydrogen-bond donors (Lipinski definition) is 0. The van der Waals surface area contributed by atoms with E-state index in [4.69, 9.17) is 18.7 Å². The first-order valence-electron chi connectivity index (χ1n) is 9.17. The number of aromatic nitrogens is 2. The lowest BCUT2D eigenvalue weighted by atomic mass is 10.1. The second kappa shape index (κ2) is 8.91. The lowest BCUT2D eigenvalue weighted by molar-refractivity contribution is 0.0437. The number of hydrogen-bond acceptors (Lipinski definition) is 7. The van der Waals surface area contributed by atoms with Crippen molar-refractivity contribution >= 4 is 5.97 Å². The van der Waals surface area contributed by atoms with Gasteiger partial charge in [0, 0.05) is 23.9 Å². The highest BCUT2D eigenvalue weighted by atomic mass is 16.5. The zero-order chi connectivity index (χ0) is 20.8. The van der Waals surface area contributed by atoms with Gasteiger partial charge in [-0.25, -0.2) is 9.78 Å². The number of rotatable bonds is 7. The molecule has 0 atom stereocenters. The molecule has 0 N–H and O–H groups in total. The zero-order valence-corrected chi connectivity index (χ0v) is 16.1. The first kappa shape index (κ1) is 19.2. The molecular weight excluding hydrogens is 384 g/mol. The van der Waals surface area contributed by atoms with Crippen LogP contribution in [0.5, 0.6) is 17.4 Å². The van der Waals surface area contributed by atoms with Crippen LogP contribution in [0.1, 0.15) is 16.1 Å². The van der Waals surface area contributed by atoms with Crippen molar-refractivity contribution in [2.75, 3.05) is 7.11 Å². The first-order chi connectivity index (χ1) is 14.7. The molecule has 2 aromatic carbocycles. The van der Waals surface area contributed by atoms with E-state index in [-0.39, 0.29) is 6.61 Å². The molecule has 0 aliphatic rings. The van der Waals surface area contributed by atoms with E-state index in [0.29, 0.717) is 28.6 Å². The summed E-state index contributed by atoms with van der Waals surface area (Å²) in [5.41, 5.74) is 1.83. The van der Waals surface area contributed by atoms with Crippen LogP contribution in [0.2, 0.25) is 0 Å². The average molecular weight is 402 g/mol. The van der Waals surface area contributed by atoms with E-state index in [9.17, 15) is 4.79 Å². The van der Waals surface area contributed by atoms with Crippen LogP contribution in [0.4, 0.5) is 0 Å². The Bertz CT molecular complexity index is 1110. The standard InChI is InChI=1S/C23H18N2O5/c1-27-18-10-7-16(8-11-18)21-13-20(30-25-21)15-28-23(26)17-9-12-22(24-14-17)29-19-5-3-2-4-6-19/h2-14H,15H2,1H3. The van der Waals surface area contributed by atoms with Gasteiger partial charge in [-0.3, -0.25) is 0 Å². The summed E-state index contributed by atoms with van der Waals surface area (Å²) in [5.74, 6) is 1.72. The maximum Gasteiger partial charge on any atom is 0.340 e. The summed E-state index contributed by atoms with van der Waals surface area (Å²) in [4.78, 5) is 16.4. The van der Waals surface area contributed by atoms with Crippen molar-refractivity contribution in [3.05, 3.63) is 90.3 Å². The highest BCUT2D eigenvalue weighted by molar-refractivity contribution is 5.89. The second-order valence-corrected chi connectivity index (χ2v) is 6.28. The van der Waals surface area contributed by atoms with E-state index in [0.717, 1.165) is 11.3 Å². The lowest BCUT2D eigenvalue weighted by Gasteiger charge is -2.05. The highest BCUT2D eigenvalue weighted by Gasteiger charge is 2.12. The summed E-state index contributed by atoms with van der Waals surface area (Å²) in [6.07, 6.45) is 1.41. The van der Waals surface area contributed by atoms with Crippen molar-refractivity contribution in [2.45, 2.75) is 6.61 Å². The lowest BCUT2D eigenvalue weighted by Crippen LogP contribution is -2.05. The number of benzene rings is 2. The SMILES string of the molecule is COc1ccc(-c2cc(COC(=O)c3ccc(Oc4ccccc4)nc3)on2)cc1. The predicted octanol–water partition coefficient (Wildman–Crippen LogP) is 4.89. The Hall–Kier alpha value is -4.13. The number of ether oxygens (including phenoxy) is 3. The number of nitrogens with zero attached hydrogens (tertiary/aromatic N) is 2. The van der Waals surface area contributed by atoms with Crippen LogP contribution in [0.15, 0.2) is 83.5 Å². The van der Waals surface area contributed by atoms with Gasteiger partial charge in [0.25, 0.3) is 0 Å². The van der Waals surface area contributed by atoms with E-state index < -0.39 is 5.97 Å². The summed E-state index contributed by atoms with van der Waals surface area (Å²) < 4.78 is 21.3. The van der Waals surface area contributed by atoms with Crippen molar-refractivity contribution in [1.29, 1.82) is 0 Å². The van der Waals surface area contributed by atoms with E-state index in [1.165, 1.54) is 6.20 Å². The smallest absolute Gasteiger partial charge is 0.340 e. The van der Waals surface area contributed by atoms with E-state index in [1.54, 1.807) is 25.3 Å². The third kappa shape index (κ3) is 4.64. The van der Waals surface area contributed by atoms with Crippen LogP contribution >= 0.6 is 0 Å². The molecule has 0 saturated heterocycles. The fourth-order valence-corrected chi connectivity index (χ4v) is 2.67. The monoisotopic (exact) mass is 402 g/mol. The number of methoxy groups -OCH3 is 1. The molecule has 0 radical (unpaired) electrons. The molecule has 0 aliphatic heterocycles. The first-order valence-corrected chi connectivity index (χ1v) is 9.17. The fraction of sp³-hybridized carbons (Fsp3) is 0.0870. The van der Waals surface area contributed by atoms with Crippen LogP contribution in [0.3, 0.4) is 0 Å². The largest absolute Gasteiger partial charge is 0.497 e. The quantitative estimate of drug-likeness (QED) is 0.407. The molecule has 0 saturated carbocycles. The molecule has 0 bridgehead atoms. The van der Waals surface area contributed by atoms with Crippen molar-refractivity contribution in [2.24, 2.45) is 0 Å². The highest BCUT2D eigenvalue weighted by Crippen LogP contribution is 2.23. The van der Waals surface area contributed by atoms with Gasteiger partial charge in [0.15, 0.2) is 12.4 Å². The van der Waals surface area contributed by atoms with E-state index >= 15 is 0 Å². The molecule has 4 aromatic rings. The fourth-order valence-electron chi connectivity index (χ4n) is 2.67. The van der Waals surface area contributed by atoms with Crippen molar-refractivity contribution in [3.63, 3.8) is 0 Å². The summed E-state index contributed by atoms with van der Waals surface area (Å²) in [5, 5.41) is 4.01. The minimum absolute atomic E-state index is 0.0374. The Morgan fingerprint density at radius 3 is 2.47 bits per heavy atom. The van der Waals surface area contributed by atoms with Crippen molar-refractivity contribution in [1.82, 2.24) is 10.1 Å². The molecule has 0 fully saturated rings. The normalized spacial score (nSPS) is 10.4. The summed E-state index contributed by atoms with van der Waals surface area (Å²) in [6.45, 7) is -0.0374. The maximum atomic E-state index is 12.3. The Morgan fingerprint density at radius 1 is 0.967 bits per heavy atom. The summed E-state index contributed by atoms with van der Waals surface area (Å²) in [7, 11) is 1.61. The number of pyridine rings is 1. The molecule has 0 unspecified atom stereocenters. The Labute approximate surface area is 172 Å². The molecule has 7 heteroatoms. The summed E-state index contributed by atoms with van der Waals surface area (Å²) >= 11 is 0. The Kier molecular flexibility index (Phi) is 5.70. The van der Waals surface area contributed by atoms with E-state index in [1.807, 2.05) is 54.6 Å². The van der Waals surface area contributed by atoms with Crippen LogP contribution in [-0.4, -0.2) is 23.2 Å². The zero-order valence-electron chi connectivity index (χ0n) is 16.1.